The van der Waals surface area contributed by atoms with Gasteiger partial charge in [-0.05, 0) is 55.0 Å². The summed E-state index contributed by atoms with van der Waals surface area (Å²) in [5.74, 6) is 0.166. The molecule has 0 fully saturated rings. The summed E-state index contributed by atoms with van der Waals surface area (Å²) in [5.41, 5.74) is 2.09. The van der Waals surface area contributed by atoms with Crippen LogP contribution in [0.2, 0.25) is 0 Å². The molecule has 0 aliphatic heterocycles. The summed E-state index contributed by atoms with van der Waals surface area (Å²) < 4.78 is 11.2. The average molecular weight is 426 g/mol. The van der Waals surface area contributed by atoms with E-state index in [0.29, 0.717) is 34.7 Å². The fourth-order valence-electron chi connectivity index (χ4n) is 2.60. The van der Waals surface area contributed by atoms with Crippen LogP contribution in [0.3, 0.4) is 0 Å². The molecule has 0 aliphatic carbocycles. The molecule has 0 radical (unpaired) electrons. The number of hydrogen-bond donors (Lipinski definition) is 3. The predicted molar refractivity (Wildman–Crippen MR) is 119 cm³/mol. The van der Waals surface area contributed by atoms with Gasteiger partial charge in [-0.3, -0.25) is 20.2 Å². The van der Waals surface area contributed by atoms with E-state index in [9.17, 15) is 9.59 Å². The summed E-state index contributed by atoms with van der Waals surface area (Å²) in [5, 5.41) is 8.05. The second kappa shape index (κ2) is 9.84. The van der Waals surface area contributed by atoms with E-state index in [0.717, 1.165) is 12.8 Å². The number of nitrogens with zero attached hydrogens (tertiary/aromatic N) is 1. The van der Waals surface area contributed by atoms with Gasteiger partial charge in [0, 0.05) is 24.2 Å². The first-order valence-corrected chi connectivity index (χ1v) is 9.89. The second-order valence-corrected chi connectivity index (χ2v) is 6.93. The maximum atomic E-state index is 12.4. The summed E-state index contributed by atoms with van der Waals surface area (Å²) in [7, 11) is 0. The van der Waals surface area contributed by atoms with Crippen LogP contribution in [-0.2, 0) is 4.79 Å². The standard InChI is InChI=1S/C21H22N4O4S/c1-3-4-11-28-16-8-5-14(6-9-16)19(27)24-21(30)25-20-23-17-10-7-15(22-13(2)26)12-18(17)29-20/h5-10,12H,3-4,11H2,1-2H3,(H,22,26)(H2,23,24,25,27,30). The van der Waals surface area contributed by atoms with Crippen LogP contribution in [0.4, 0.5) is 11.7 Å². The second-order valence-electron chi connectivity index (χ2n) is 6.52. The van der Waals surface area contributed by atoms with Crippen LogP contribution in [0, 0.1) is 0 Å². The van der Waals surface area contributed by atoms with Crippen molar-refractivity contribution in [1.82, 2.24) is 10.3 Å². The first-order chi connectivity index (χ1) is 14.4. The molecule has 0 bridgehead atoms. The summed E-state index contributed by atoms with van der Waals surface area (Å²) in [4.78, 5) is 27.8. The fraction of sp³-hybridized carbons (Fsp3) is 0.238. The van der Waals surface area contributed by atoms with Crippen LogP contribution < -0.4 is 20.7 Å². The molecule has 1 heterocycles. The molecule has 0 atom stereocenters. The number of oxazole rings is 1. The van der Waals surface area contributed by atoms with Gasteiger partial charge in [-0.1, -0.05) is 13.3 Å². The fourth-order valence-corrected chi connectivity index (χ4v) is 2.78. The van der Waals surface area contributed by atoms with Crippen LogP contribution in [0.25, 0.3) is 11.1 Å². The Morgan fingerprint density at radius 1 is 1.13 bits per heavy atom. The molecule has 0 aliphatic rings. The number of nitrogens with one attached hydrogen (secondary N) is 3. The summed E-state index contributed by atoms with van der Waals surface area (Å²) in [6.45, 7) is 4.16. The predicted octanol–water partition coefficient (Wildman–Crippen LogP) is 4.09. The van der Waals surface area contributed by atoms with Gasteiger partial charge >= 0.3 is 6.01 Å². The van der Waals surface area contributed by atoms with Crippen molar-refractivity contribution in [2.45, 2.75) is 26.7 Å². The van der Waals surface area contributed by atoms with E-state index < -0.39 is 0 Å². The molecule has 2 amide bonds. The Hall–Kier alpha value is -3.46. The van der Waals surface area contributed by atoms with Crippen molar-refractivity contribution >= 4 is 51.9 Å². The van der Waals surface area contributed by atoms with Gasteiger partial charge in [0.25, 0.3) is 5.91 Å². The van der Waals surface area contributed by atoms with Gasteiger partial charge in [0.1, 0.15) is 11.3 Å². The van der Waals surface area contributed by atoms with Crippen LogP contribution >= 0.6 is 12.2 Å². The van der Waals surface area contributed by atoms with Gasteiger partial charge in [0.2, 0.25) is 5.91 Å². The minimum absolute atomic E-state index is 0.0527. The third-order valence-electron chi connectivity index (χ3n) is 4.04. The Kier molecular flexibility index (Phi) is 6.97. The Morgan fingerprint density at radius 3 is 2.60 bits per heavy atom. The lowest BCUT2D eigenvalue weighted by Crippen LogP contribution is -2.34. The van der Waals surface area contributed by atoms with Crippen molar-refractivity contribution in [2.24, 2.45) is 0 Å². The number of carbonyl (C=O) groups excluding carboxylic acids is 2. The number of rotatable bonds is 7. The molecule has 1 aromatic heterocycles. The van der Waals surface area contributed by atoms with E-state index in [4.69, 9.17) is 21.4 Å². The number of fused-ring (bicyclic) bond motifs is 1. The molecule has 2 aromatic carbocycles. The van der Waals surface area contributed by atoms with Crippen LogP contribution in [-0.4, -0.2) is 28.5 Å². The van der Waals surface area contributed by atoms with E-state index in [-0.39, 0.29) is 22.9 Å². The average Bonchev–Trinajstić information content (AvgIpc) is 3.09. The number of amides is 2. The van der Waals surface area contributed by atoms with E-state index in [1.807, 2.05) is 0 Å². The zero-order valence-electron chi connectivity index (χ0n) is 16.7. The third kappa shape index (κ3) is 5.77. The Morgan fingerprint density at radius 2 is 1.90 bits per heavy atom. The number of aromatic nitrogens is 1. The van der Waals surface area contributed by atoms with Gasteiger partial charge in [0.15, 0.2) is 10.7 Å². The minimum atomic E-state index is -0.364. The first-order valence-electron chi connectivity index (χ1n) is 9.48. The molecule has 156 valence electrons. The van der Waals surface area contributed by atoms with Crippen molar-refractivity contribution in [3.8, 4) is 5.75 Å². The number of ether oxygens (including phenoxy) is 1. The topological polar surface area (TPSA) is 105 Å². The van der Waals surface area contributed by atoms with Gasteiger partial charge in [-0.2, -0.15) is 4.98 Å². The normalized spacial score (nSPS) is 10.5. The SMILES string of the molecule is CCCCOc1ccc(C(=O)NC(=S)Nc2nc3ccc(NC(C)=O)cc3o2)cc1. The number of thiocarbonyl (C=S) groups is 1. The van der Waals surface area contributed by atoms with E-state index in [1.54, 1.807) is 42.5 Å². The van der Waals surface area contributed by atoms with Crippen LogP contribution in [0.1, 0.15) is 37.0 Å². The molecular formula is C21H22N4O4S. The largest absolute Gasteiger partial charge is 0.494 e. The zero-order chi connectivity index (χ0) is 21.5. The molecule has 3 rings (SSSR count). The van der Waals surface area contributed by atoms with Crippen molar-refractivity contribution in [2.75, 3.05) is 17.2 Å². The smallest absolute Gasteiger partial charge is 0.302 e. The summed E-state index contributed by atoms with van der Waals surface area (Å²) in [6.07, 6.45) is 2.04. The van der Waals surface area contributed by atoms with Crippen molar-refractivity contribution < 1.29 is 18.7 Å². The maximum absolute atomic E-state index is 12.4. The Labute approximate surface area is 179 Å². The zero-order valence-corrected chi connectivity index (χ0v) is 17.5. The molecule has 3 N–H and O–H groups in total. The van der Waals surface area contributed by atoms with Gasteiger partial charge in [-0.15, -0.1) is 0 Å². The molecule has 3 aromatic rings. The van der Waals surface area contributed by atoms with Crippen molar-refractivity contribution in [1.29, 1.82) is 0 Å². The third-order valence-corrected chi connectivity index (χ3v) is 4.24. The maximum Gasteiger partial charge on any atom is 0.302 e. The number of benzene rings is 2. The molecule has 0 unspecified atom stereocenters. The Balaban J connectivity index is 1.58. The summed E-state index contributed by atoms with van der Waals surface area (Å²) in [6, 6.07) is 12.0. The highest BCUT2D eigenvalue weighted by molar-refractivity contribution is 7.80. The number of anilines is 2. The molecular weight excluding hydrogens is 404 g/mol. The molecule has 8 nitrogen and oxygen atoms in total. The van der Waals surface area contributed by atoms with Crippen LogP contribution in [0.5, 0.6) is 5.75 Å². The lowest BCUT2D eigenvalue weighted by atomic mass is 10.2. The Bertz CT molecular complexity index is 1060. The molecule has 0 saturated heterocycles. The van der Waals surface area contributed by atoms with Crippen molar-refractivity contribution in [3.05, 3.63) is 48.0 Å². The van der Waals surface area contributed by atoms with E-state index in [1.165, 1.54) is 6.92 Å². The van der Waals surface area contributed by atoms with Gasteiger partial charge in [-0.25, -0.2) is 0 Å². The molecule has 0 spiro atoms. The van der Waals surface area contributed by atoms with Crippen LogP contribution in [0.15, 0.2) is 46.9 Å². The highest BCUT2D eigenvalue weighted by Gasteiger charge is 2.12. The lowest BCUT2D eigenvalue weighted by Gasteiger charge is -2.08. The van der Waals surface area contributed by atoms with Gasteiger partial charge in [0.05, 0.1) is 6.61 Å². The molecule has 0 saturated carbocycles. The molecule has 9 heteroatoms. The van der Waals surface area contributed by atoms with Gasteiger partial charge < -0.3 is 14.5 Å². The number of hydrogen-bond acceptors (Lipinski definition) is 6. The lowest BCUT2D eigenvalue weighted by molar-refractivity contribution is -0.114. The van der Waals surface area contributed by atoms with Crippen molar-refractivity contribution in [3.63, 3.8) is 0 Å². The number of unbranched alkanes of at least 4 members (excludes halogenated alkanes) is 1. The number of carbonyl (C=O) groups is 2. The van der Waals surface area contributed by atoms with E-state index >= 15 is 0 Å². The highest BCUT2D eigenvalue weighted by atomic mass is 32.1. The minimum Gasteiger partial charge on any atom is -0.494 e. The first kappa shape index (κ1) is 21.3. The monoisotopic (exact) mass is 426 g/mol. The molecule has 30 heavy (non-hydrogen) atoms. The quantitative estimate of drug-likeness (QED) is 0.386. The summed E-state index contributed by atoms with van der Waals surface area (Å²) >= 11 is 5.17. The highest BCUT2D eigenvalue weighted by Crippen LogP contribution is 2.22. The van der Waals surface area contributed by atoms with E-state index in [2.05, 4.69) is 27.9 Å².